The first-order valence-electron chi connectivity index (χ1n) is 13.0. The molecule has 5 nitrogen and oxygen atoms in total. The Labute approximate surface area is 195 Å². The molecule has 0 amide bonds. The van der Waals surface area contributed by atoms with Crippen LogP contribution < -0.4 is 0 Å². The summed E-state index contributed by atoms with van der Waals surface area (Å²) in [5.41, 5.74) is 0.423. The molecule has 1 N–H and O–H groups in total. The first-order chi connectivity index (χ1) is 15.8. The Morgan fingerprint density at radius 1 is 1.09 bits per heavy atom. The van der Waals surface area contributed by atoms with Crippen molar-refractivity contribution in [1.29, 1.82) is 0 Å². The Morgan fingerprint density at radius 2 is 1.91 bits per heavy atom. The van der Waals surface area contributed by atoms with Crippen LogP contribution in [0, 0.1) is 46.7 Å². The van der Waals surface area contributed by atoms with E-state index in [1.54, 1.807) is 16.8 Å². The first-order valence-corrected chi connectivity index (χ1v) is 13.0. The van der Waals surface area contributed by atoms with Crippen LogP contribution >= 0.6 is 0 Å². The van der Waals surface area contributed by atoms with Crippen molar-refractivity contribution in [2.75, 3.05) is 0 Å². The van der Waals surface area contributed by atoms with E-state index in [-0.39, 0.29) is 29.2 Å². The molecule has 0 unspecified atom stereocenters. The topological polar surface area (TPSA) is 68.0 Å². The predicted molar refractivity (Wildman–Crippen MR) is 124 cm³/mol. The van der Waals surface area contributed by atoms with Crippen LogP contribution in [0.4, 0.5) is 4.39 Å². The van der Waals surface area contributed by atoms with Crippen LogP contribution in [0.5, 0.6) is 0 Å². The lowest BCUT2D eigenvalue weighted by molar-refractivity contribution is -0.133. The molecule has 0 radical (unpaired) electrons. The highest BCUT2D eigenvalue weighted by Crippen LogP contribution is 2.64. The van der Waals surface area contributed by atoms with Gasteiger partial charge in [0.1, 0.15) is 12.1 Å². The highest BCUT2D eigenvalue weighted by Gasteiger charge is 2.58. The highest BCUT2D eigenvalue weighted by molar-refractivity contribution is 5.84. The van der Waals surface area contributed by atoms with Crippen molar-refractivity contribution in [2.24, 2.45) is 40.9 Å². The summed E-state index contributed by atoms with van der Waals surface area (Å²) in [6.07, 6.45) is 10.0. The van der Waals surface area contributed by atoms with Crippen molar-refractivity contribution in [3.63, 3.8) is 0 Å². The number of carbonyl (C=O) groups is 1. The smallest absolute Gasteiger partial charge is 0.157 e. The van der Waals surface area contributed by atoms with E-state index in [1.807, 2.05) is 6.92 Å². The molecule has 0 saturated heterocycles. The number of aromatic nitrogens is 3. The second kappa shape index (κ2) is 7.59. The molecule has 4 fully saturated rings. The third kappa shape index (κ3) is 3.38. The molecule has 0 bridgehead atoms. The maximum absolute atomic E-state index is 14.0. The molecule has 0 aliphatic heterocycles. The van der Waals surface area contributed by atoms with E-state index in [1.165, 1.54) is 31.7 Å². The molecule has 0 spiro atoms. The minimum absolute atomic E-state index is 0.0565. The largest absolute Gasteiger partial charge is 0.390 e. The summed E-state index contributed by atoms with van der Waals surface area (Å²) in [5, 5.41) is 18.7. The Morgan fingerprint density at radius 3 is 2.76 bits per heavy atom. The van der Waals surface area contributed by atoms with Crippen LogP contribution in [-0.2, 0) is 11.3 Å². The van der Waals surface area contributed by atoms with Crippen molar-refractivity contribution < 1.29 is 14.3 Å². The normalized spacial score (nSPS) is 42.5. The Hall–Kier alpha value is -1.82. The lowest BCUT2D eigenvalue weighted by Gasteiger charge is -2.56. The van der Waals surface area contributed by atoms with Gasteiger partial charge in [-0.1, -0.05) is 18.2 Å². The summed E-state index contributed by atoms with van der Waals surface area (Å²) in [4.78, 5) is 13.6. The Kier molecular flexibility index (Phi) is 4.99. The molecule has 8 atom stereocenters. The van der Waals surface area contributed by atoms with Crippen LogP contribution in [0.2, 0.25) is 0 Å². The molecule has 33 heavy (non-hydrogen) atoms. The quantitative estimate of drug-likeness (QED) is 0.697. The number of aliphatic hydroxyl groups is 1. The molecule has 1 heterocycles. The van der Waals surface area contributed by atoms with Gasteiger partial charge in [-0.2, -0.15) is 0 Å². The molecule has 4 saturated carbocycles. The zero-order valence-electron chi connectivity index (χ0n) is 19.8. The van der Waals surface area contributed by atoms with Crippen molar-refractivity contribution in [2.45, 2.75) is 83.8 Å². The molecular formula is C27H36FN3O2. The number of hydrogen-bond donors (Lipinski definition) is 1. The fourth-order valence-corrected chi connectivity index (χ4v) is 8.94. The third-order valence-corrected chi connectivity index (χ3v) is 10.4. The van der Waals surface area contributed by atoms with Crippen molar-refractivity contribution in [1.82, 2.24) is 15.0 Å². The molecule has 6 rings (SSSR count). The molecular weight excluding hydrogens is 417 g/mol. The molecule has 1 aromatic heterocycles. The van der Waals surface area contributed by atoms with Gasteiger partial charge in [-0.3, -0.25) is 4.79 Å². The van der Waals surface area contributed by atoms with Gasteiger partial charge in [0.25, 0.3) is 0 Å². The van der Waals surface area contributed by atoms with Gasteiger partial charge in [-0.15, -0.1) is 5.10 Å². The fraction of sp³-hybridized carbons (Fsp3) is 0.741. The summed E-state index contributed by atoms with van der Waals surface area (Å²) < 4.78 is 15.6. The van der Waals surface area contributed by atoms with E-state index in [0.29, 0.717) is 17.4 Å². The number of rotatable bonds is 3. The zero-order chi connectivity index (χ0) is 23.0. The fourth-order valence-electron chi connectivity index (χ4n) is 8.94. The molecule has 2 aromatic rings. The minimum atomic E-state index is -0.476. The number of halogens is 1. The zero-order valence-corrected chi connectivity index (χ0v) is 19.8. The molecule has 178 valence electrons. The SMILES string of the molecule is C[C@@]1(O)CC[C@H]2[C@H](CC[C@@H]3[C@@H]2CC[C@]2(C)[C@@H](C(=O)Cn4nnc5c(F)cccc54)CC[C@@H]32)C1. The van der Waals surface area contributed by atoms with Gasteiger partial charge in [0, 0.05) is 5.92 Å². The number of ketones is 1. The van der Waals surface area contributed by atoms with Crippen LogP contribution in [0.15, 0.2) is 18.2 Å². The van der Waals surface area contributed by atoms with Crippen LogP contribution in [0.1, 0.15) is 71.6 Å². The van der Waals surface area contributed by atoms with E-state index < -0.39 is 11.4 Å². The van der Waals surface area contributed by atoms with E-state index in [2.05, 4.69) is 17.2 Å². The average molecular weight is 454 g/mol. The number of Topliss-reactive ketones (excluding diaryl/α,β-unsaturated/α-hetero) is 1. The number of benzene rings is 1. The van der Waals surface area contributed by atoms with Gasteiger partial charge >= 0.3 is 0 Å². The van der Waals surface area contributed by atoms with E-state index in [4.69, 9.17) is 0 Å². The number of carbonyl (C=O) groups excluding carboxylic acids is 1. The monoisotopic (exact) mass is 453 g/mol. The Balaban J connectivity index is 1.20. The van der Waals surface area contributed by atoms with E-state index in [9.17, 15) is 14.3 Å². The van der Waals surface area contributed by atoms with Crippen LogP contribution in [0.3, 0.4) is 0 Å². The van der Waals surface area contributed by atoms with Gasteiger partial charge in [-0.25, -0.2) is 9.07 Å². The molecule has 4 aliphatic carbocycles. The summed E-state index contributed by atoms with van der Waals surface area (Å²) in [6.45, 7) is 4.58. The standard InChI is InChI=1S/C27H36FN3O2/c1-26(33)12-10-17-16(14-26)6-7-19-18(17)11-13-27(2)20(19)8-9-21(27)24(32)15-31-23-5-3-4-22(28)25(23)29-30-31/h3-5,16-21,33H,6-15H2,1-2H3/t16-,17+,18-,19-,20+,21-,26-,27+/m1/s1. The molecule has 6 heteroatoms. The Bertz CT molecular complexity index is 1080. The number of fused-ring (bicyclic) bond motifs is 6. The van der Waals surface area contributed by atoms with Crippen LogP contribution in [-0.4, -0.2) is 31.5 Å². The minimum Gasteiger partial charge on any atom is -0.390 e. The summed E-state index contributed by atoms with van der Waals surface area (Å²) in [5.74, 6) is 3.47. The van der Waals surface area contributed by atoms with Gasteiger partial charge in [0.2, 0.25) is 0 Å². The van der Waals surface area contributed by atoms with E-state index in [0.717, 1.165) is 49.9 Å². The first kappa shape index (κ1) is 21.7. The number of hydrogen-bond acceptors (Lipinski definition) is 4. The summed E-state index contributed by atoms with van der Waals surface area (Å²) in [7, 11) is 0. The maximum Gasteiger partial charge on any atom is 0.157 e. The average Bonchev–Trinajstić information content (AvgIpc) is 3.34. The lowest BCUT2D eigenvalue weighted by Crippen LogP contribution is -2.51. The van der Waals surface area contributed by atoms with Crippen molar-refractivity contribution in [3.8, 4) is 0 Å². The third-order valence-electron chi connectivity index (χ3n) is 10.4. The van der Waals surface area contributed by atoms with Gasteiger partial charge < -0.3 is 5.11 Å². The van der Waals surface area contributed by atoms with Gasteiger partial charge in [-0.05, 0) is 112 Å². The van der Waals surface area contributed by atoms with Gasteiger partial charge in [0.05, 0.1) is 11.1 Å². The molecule has 4 aliphatic rings. The highest BCUT2D eigenvalue weighted by atomic mass is 19.1. The van der Waals surface area contributed by atoms with Crippen molar-refractivity contribution >= 4 is 16.8 Å². The summed E-state index contributed by atoms with van der Waals surface area (Å²) >= 11 is 0. The summed E-state index contributed by atoms with van der Waals surface area (Å²) in [6, 6.07) is 4.82. The second-order valence-corrected chi connectivity index (χ2v) is 12.2. The lowest BCUT2D eigenvalue weighted by atomic mass is 9.49. The van der Waals surface area contributed by atoms with Crippen LogP contribution in [0.25, 0.3) is 11.0 Å². The van der Waals surface area contributed by atoms with Gasteiger partial charge in [0.15, 0.2) is 11.6 Å². The predicted octanol–water partition coefficient (Wildman–Crippen LogP) is 5.16. The number of nitrogens with zero attached hydrogens (tertiary/aromatic N) is 3. The maximum atomic E-state index is 14.0. The second-order valence-electron chi connectivity index (χ2n) is 12.2. The van der Waals surface area contributed by atoms with E-state index >= 15 is 0 Å². The van der Waals surface area contributed by atoms with Crippen molar-refractivity contribution in [3.05, 3.63) is 24.0 Å². The molecule has 1 aromatic carbocycles.